The molecule has 0 aliphatic carbocycles. The normalized spacial score (nSPS) is 10.3. The molecule has 3 rings (SSSR count). The van der Waals surface area contributed by atoms with Crippen LogP contribution in [0.1, 0.15) is 21.5 Å². The first-order valence-corrected chi connectivity index (χ1v) is 10.5. The van der Waals surface area contributed by atoms with Gasteiger partial charge in [-0.1, -0.05) is 41.9 Å². The Morgan fingerprint density at radius 1 is 0.969 bits per heavy atom. The van der Waals surface area contributed by atoms with Gasteiger partial charge in [-0.25, -0.2) is 4.79 Å². The van der Waals surface area contributed by atoms with E-state index < -0.39 is 5.97 Å². The fourth-order valence-corrected chi connectivity index (χ4v) is 3.55. The summed E-state index contributed by atoms with van der Waals surface area (Å²) in [6, 6.07) is 19.8. The smallest absolute Gasteiger partial charge is 0.335 e. The summed E-state index contributed by atoms with van der Waals surface area (Å²) in [7, 11) is 3.18. The standard InChI is InChI=1S/C24H23ClN2O4S/c1-30-21-12-9-17(13-22(21)31-2)15-27(14-16-7-10-18(11-8-16)23(28)29)24(32)26-20-6-4-3-5-19(20)25/h3-13H,14-15H2,1-2H3,(H,26,32)(H,28,29). The van der Waals surface area contributed by atoms with Crippen LogP contribution in [0.25, 0.3) is 0 Å². The average Bonchev–Trinajstić information content (AvgIpc) is 2.80. The molecule has 3 aromatic carbocycles. The van der Waals surface area contributed by atoms with Crippen molar-refractivity contribution in [2.24, 2.45) is 0 Å². The van der Waals surface area contributed by atoms with Crippen molar-refractivity contribution in [3.05, 3.63) is 88.4 Å². The Hall–Kier alpha value is -3.29. The second kappa shape index (κ2) is 10.8. The lowest BCUT2D eigenvalue weighted by Gasteiger charge is -2.27. The minimum atomic E-state index is -0.963. The number of carbonyl (C=O) groups is 1. The maximum absolute atomic E-state index is 11.2. The number of nitrogens with one attached hydrogen (secondary N) is 1. The van der Waals surface area contributed by atoms with Crippen molar-refractivity contribution in [3.8, 4) is 11.5 Å². The molecule has 0 radical (unpaired) electrons. The Morgan fingerprint density at radius 3 is 2.22 bits per heavy atom. The highest BCUT2D eigenvalue weighted by atomic mass is 35.5. The highest BCUT2D eigenvalue weighted by molar-refractivity contribution is 7.80. The molecule has 0 fully saturated rings. The molecule has 166 valence electrons. The summed E-state index contributed by atoms with van der Waals surface area (Å²) in [5.41, 5.74) is 2.82. The van der Waals surface area contributed by atoms with Gasteiger partial charge in [-0.15, -0.1) is 0 Å². The van der Waals surface area contributed by atoms with Gasteiger partial charge in [0.1, 0.15) is 0 Å². The number of para-hydroxylation sites is 1. The second-order valence-electron chi connectivity index (χ2n) is 6.96. The van der Waals surface area contributed by atoms with E-state index in [1.54, 1.807) is 44.6 Å². The number of halogens is 1. The molecular weight excluding hydrogens is 448 g/mol. The number of benzene rings is 3. The molecular formula is C24H23ClN2O4S. The molecule has 32 heavy (non-hydrogen) atoms. The molecule has 0 amide bonds. The quantitative estimate of drug-likeness (QED) is 0.424. The highest BCUT2D eigenvalue weighted by Crippen LogP contribution is 2.29. The fourth-order valence-electron chi connectivity index (χ4n) is 3.13. The summed E-state index contributed by atoms with van der Waals surface area (Å²) in [5.74, 6) is 0.305. The van der Waals surface area contributed by atoms with Gasteiger partial charge in [0.2, 0.25) is 0 Å². The van der Waals surface area contributed by atoms with Crippen LogP contribution in [0.2, 0.25) is 5.02 Å². The average molecular weight is 471 g/mol. The number of hydrogen-bond acceptors (Lipinski definition) is 4. The number of anilines is 1. The summed E-state index contributed by atoms with van der Waals surface area (Å²) in [6.07, 6.45) is 0. The number of carboxylic acids is 1. The van der Waals surface area contributed by atoms with Crippen LogP contribution in [0, 0.1) is 0 Å². The number of carboxylic acid groups (broad SMARTS) is 1. The number of ether oxygens (including phenoxy) is 2. The van der Waals surface area contributed by atoms with E-state index in [-0.39, 0.29) is 5.56 Å². The maximum atomic E-state index is 11.2. The minimum absolute atomic E-state index is 0.233. The lowest BCUT2D eigenvalue weighted by Crippen LogP contribution is -2.34. The fraction of sp³-hybridized carbons (Fsp3) is 0.167. The van der Waals surface area contributed by atoms with Gasteiger partial charge in [0.15, 0.2) is 16.6 Å². The first-order valence-electron chi connectivity index (χ1n) is 9.75. The van der Waals surface area contributed by atoms with Crippen molar-refractivity contribution in [1.82, 2.24) is 4.90 Å². The Morgan fingerprint density at radius 2 is 1.59 bits per heavy atom. The molecule has 0 saturated carbocycles. The Bertz CT molecular complexity index is 1110. The van der Waals surface area contributed by atoms with Crippen LogP contribution in [0.4, 0.5) is 5.69 Å². The zero-order valence-electron chi connectivity index (χ0n) is 17.7. The summed E-state index contributed by atoms with van der Waals surface area (Å²) in [5, 5.41) is 13.4. The van der Waals surface area contributed by atoms with Gasteiger partial charge in [-0.05, 0) is 59.7 Å². The van der Waals surface area contributed by atoms with Crippen molar-refractivity contribution >= 4 is 40.6 Å². The highest BCUT2D eigenvalue weighted by Gasteiger charge is 2.15. The van der Waals surface area contributed by atoms with Crippen LogP contribution in [-0.2, 0) is 13.1 Å². The summed E-state index contributed by atoms with van der Waals surface area (Å²) < 4.78 is 10.7. The van der Waals surface area contributed by atoms with Crippen LogP contribution in [0.5, 0.6) is 11.5 Å². The Kier molecular flexibility index (Phi) is 7.92. The van der Waals surface area contributed by atoms with E-state index >= 15 is 0 Å². The SMILES string of the molecule is COc1ccc(CN(Cc2ccc(C(=O)O)cc2)C(=S)Nc2ccccc2Cl)cc1OC. The molecule has 6 nitrogen and oxygen atoms in total. The predicted octanol–water partition coefficient (Wildman–Crippen LogP) is 5.45. The summed E-state index contributed by atoms with van der Waals surface area (Å²) in [4.78, 5) is 13.1. The van der Waals surface area contributed by atoms with Crippen LogP contribution >= 0.6 is 23.8 Å². The molecule has 0 heterocycles. The van der Waals surface area contributed by atoms with Gasteiger partial charge < -0.3 is 24.8 Å². The molecule has 3 aromatic rings. The maximum Gasteiger partial charge on any atom is 0.335 e. The van der Waals surface area contributed by atoms with E-state index in [0.29, 0.717) is 40.4 Å². The lowest BCUT2D eigenvalue weighted by molar-refractivity contribution is 0.0697. The predicted molar refractivity (Wildman–Crippen MR) is 130 cm³/mol. The van der Waals surface area contributed by atoms with Crippen LogP contribution in [0.15, 0.2) is 66.7 Å². The van der Waals surface area contributed by atoms with Gasteiger partial charge in [-0.3, -0.25) is 0 Å². The minimum Gasteiger partial charge on any atom is -0.493 e. The van der Waals surface area contributed by atoms with Crippen molar-refractivity contribution < 1.29 is 19.4 Å². The summed E-state index contributed by atoms with van der Waals surface area (Å²) >= 11 is 12.0. The largest absolute Gasteiger partial charge is 0.493 e. The Labute approximate surface area is 197 Å². The van der Waals surface area contributed by atoms with Gasteiger partial charge in [0.25, 0.3) is 0 Å². The molecule has 0 aliphatic rings. The number of nitrogens with zero attached hydrogens (tertiary/aromatic N) is 1. The molecule has 0 unspecified atom stereocenters. The van der Waals surface area contributed by atoms with Gasteiger partial charge in [-0.2, -0.15) is 0 Å². The van der Waals surface area contributed by atoms with E-state index in [9.17, 15) is 4.79 Å². The van der Waals surface area contributed by atoms with Gasteiger partial charge >= 0.3 is 5.97 Å². The number of methoxy groups -OCH3 is 2. The van der Waals surface area contributed by atoms with E-state index in [4.69, 9.17) is 38.4 Å². The van der Waals surface area contributed by atoms with Crippen LogP contribution < -0.4 is 14.8 Å². The van der Waals surface area contributed by atoms with Crippen molar-refractivity contribution in [2.45, 2.75) is 13.1 Å². The zero-order chi connectivity index (χ0) is 23.1. The molecule has 0 saturated heterocycles. The van der Waals surface area contributed by atoms with E-state index in [0.717, 1.165) is 11.1 Å². The molecule has 0 bridgehead atoms. The van der Waals surface area contributed by atoms with Gasteiger partial charge in [0.05, 0.1) is 30.5 Å². The van der Waals surface area contributed by atoms with E-state index in [1.807, 2.05) is 41.3 Å². The number of rotatable bonds is 8. The monoisotopic (exact) mass is 470 g/mol. The molecule has 8 heteroatoms. The molecule has 0 atom stereocenters. The Balaban J connectivity index is 1.86. The lowest BCUT2D eigenvalue weighted by atomic mass is 10.1. The first-order chi connectivity index (χ1) is 15.4. The van der Waals surface area contributed by atoms with E-state index in [1.165, 1.54) is 0 Å². The second-order valence-corrected chi connectivity index (χ2v) is 7.75. The topological polar surface area (TPSA) is 71.0 Å². The third kappa shape index (κ3) is 5.90. The molecule has 0 spiro atoms. The summed E-state index contributed by atoms with van der Waals surface area (Å²) in [6.45, 7) is 0.946. The number of aromatic carboxylic acids is 1. The van der Waals surface area contributed by atoms with E-state index in [2.05, 4.69) is 5.32 Å². The molecule has 0 aromatic heterocycles. The third-order valence-corrected chi connectivity index (χ3v) is 5.49. The van der Waals surface area contributed by atoms with Crippen molar-refractivity contribution in [3.63, 3.8) is 0 Å². The molecule has 0 aliphatic heterocycles. The van der Waals surface area contributed by atoms with Crippen molar-refractivity contribution in [2.75, 3.05) is 19.5 Å². The van der Waals surface area contributed by atoms with Crippen LogP contribution in [-0.4, -0.2) is 35.3 Å². The number of thiocarbonyl (C=S) groups is 1. The molecule has 2 N–H and O–H groups in total. The van der Waals surface area contributed by atoms with Gasteiger partial charge in [0, 0.05) is 13.1 Å². The zero-order valence-corrected chi connectivity index (χ0v) is 19.2. The van der Waals surface area contributed by atoms with Crippen molar-refractivity contribution in [1.29, 1.82) is 0 Å². The van der Waals surface area contributed by atoms with Crippen LogP contribution in [0.3, 0.4) is 0 Å². The first kappa shape index (κ1) is 23.4. The third-order valence-electron chi connectivity index (χ3n) is 4.80. The number of hydrogen-bond donors (Lipinski definition) is 2.